The normalized spacial score (nSPS) is 19.3. The summed E-state index contributed by atoms with van der Waals surface area (Å²) in [7, 11) is 2.02. The van der Waals surface area contributed by atoms with Gasteiger partial charge in [-0.1, -0.05) is 0 Å². The van der Waals surface area contributed by atoms with E-state index in [1.807, 2.05) is 20.2 Å². The minimum Gasteiger partial charge on any atom is -0.382 e. The number of hydrogen-bond donors (Lipinski definition) is 1. The van der Waals surface area contributed by atoms with E-state index >= 15 is 0 Å². The molecule has 1 aliphatic heterocycles. The van der Waals surface area contributed by atoms with Gasteiger partial charge in [-0.15, -0.1) is 0 Å². The van der Waals surface area contributed by atoms with E-state index in [9.17, 15) is 0 Å². The molecule has 0 aliphatic carbocycles. The third-order valence-corrected chi connectivity index (χ3v) is 3.66. The lowest BCUT2D eigenvalue weighted by atomic mass is 10.2. The molecule has 0 amide bonds. The number of hydrogen-bond acceptors (Lipinski definition) is 4. The number of nitrogens with one attached hydrogen (secondary N) is 1. The van der Waals surface area contributed by atoms with Crippen molar-refractivity contribution in [2.24, 2.45) is 0 Å². The van der Waals surface area contributed by atoms with Crippen LogP contribution in [0.5, 0.6) is 0 Å². The summed E-state index contributed by atoms with van der Waals surface area (Å²) >= 11 is 0. The molecule has 0 aromatic carbocycles. The Bertz CT molecular complexity index is 366. The molecule has 0 saturated carbocycles. The molecule has 108 valence electrons. The highest BCUT2D eigenvalue weighted by Gasteiger charge is 2.26. The van der Waals surface area contributed by atoms with E-state index in [0.717, 1.165) is 45.2 Å². The van der Waals surface area contributed by atoms with Gasteiger partial charge in [-0.25, -0.2) is 4.98 Å². The predicted octanol–water partition coefficient (Wildman–Crippen LogP) is 1.50. The maximum atomic E-state index is 5.40. The first kappa shape index (κ1) is 14.3. The number of imidazole rings is 1. The van der Waals surface area contributed by atoms with Crippen molar-refractivity contribution < 1.29 is 4.74 Å². The first-order valence-electron chi connectivity index (χ1n) is 7.37. The van der Waals surface area contributed by atoms with Gasteiger partial charge in [-0.05, 0) is 33.2 Å². The van der Waals surface area contributed by atoms with Crippen LogP contribution in [-0.2, 0) is 11.3 Å². The average molecular weight is 266 g/mol. The van der Waals surface area contributed by atoms with Crippen molar-refractivity contribution >= 4 is 5.95 Å². The molecule has 1 N–H and O–H groups in total. The van der Waals surface area contributed by atoms with Crippen LogP contribution in [0.1, 0.15) is 26.2 Å². The zero-order valence-corrected chi connectivity index (χ0v) is 12.1. The quantitative estimate of drug-likeness (QED) is 0.724. The molecular formula is C14H26N4O. The van der Waals surface area contributed by atoms with E-state index in [0.29, 0.717) is 6.04 Å². The van der Waals surface area contributed by atoms with Crippen LogP contribution in [0, 0.1) is 0 Å². The van der Waals surface area contributed by atoms with Gasteiger partial charge in [0.25, 0.3) is 0 Å². The molecule has 0 bridgehead atoms. The van der Waals surface area contributed by atoms with Gasteiger partial charge in [0.1, 0.15) is 0 Å². The Balaban J connectivity index is 1.94. The Labute approximate surface area is 116 Å². The molecule has 1 aliphatic rings. The lowest BCUT2D eigenvalue weighted by Crippen LogP contribution is -2.38. The lowest BCUT2D eigenvalue weighted by molar-refractivity contribution is 0.141. The molecule has 1 aromatic rings. The fourth-order valence-corrected chi connectivity index (χ4v) is 2.76. The second-order valence-electron chi connectivity index (χ2n) is 5.02. The van der Waals surface area contributed by atoms with E-state index < -0.39 is 0 Å². The predicted molar refractivity (Wildman–Crippen MR) is 77.6 cm³/mol. The summed E-state index contributed by atoms with van der Waals surface area (Å²) in [5.41, 5.74) is 0. The second kappa shape index (κ2) is 7.50. The second-order valence-corrected chi connectivity index (χ2v) is 5.02. The number of anilines is 1. The molecule has 1 fully saturated rings. The van der Waals surface area contributed by atoms with Crippen molar-refractivity contribution in [2.45, 2.75) is 38.8 Å². The van der Waals surface area contributed by atoms with Crippen LogP contribution in [0.2, 0.25) is 0 Å². The van der Waals surface area contributed by atoms with E-state index in [2.05, 4.69) is 26.0 Å². The Hall–Kier alpha value is -1.07. The Morgan fingerprint density at radius 1 is 1.53 bits per heavy atom. The van der Waals surface area contributed by atoms with Crippen molar-refractivity contribution in [3.63, 3.8) is 0 Å². The molecule has 0 spiro atoms. The maximum absolute atomic E-state index is 5.40. The van der Waals surface area contributed by atoms with Crippen LogP contribution < -0.4 is 10.2 Å². The van der Waals surface area contributed by atoms with Crippen LogP contribution >= 0.6 is 0 Å². The fourth-order valence-electron chi connectivity index (χ4n) is 2.76. The molecule has 1 unspecified atom stereocenters. The standard InChI is InChI=1S/C14H26N4O/c1-3-19-11-5-8-17-10-7-16-14(17)18-9-4-6-13(18)12-15-2/h7,10,13,15H,3-6,8-9,11-12H2,1-2H3. The smallest absolute Gasteiger partial charge is 0.205 e. The lowest BCUT2D eigenvalue weighted by Gasteiger charge is -2.26. The highest BCUT2D eigenvalue weighted by Crippen LogP contribution is 2.23. The van der Waals surface area contributed by atoms with E-state index in [1.165, 1.54) is 12.8 Å². The average Bonchev–Trinajstić information content (AvgIpc) is 3.03. The molecule has 19 heavy (non-hydrogen) atoms. The number of aromatic nitrogens is 2. The van der Waals surface area contributed by atoms with E-state index in [1.54, 1.807) is 0 Å². The van der Waals surface area contributed by atoms with Crippen LogP contribution in [0.3, 0.4) is 0 Å². The molecule has 1 aromatic heterocycles. The van der Waals surface area contributed by atoms with Gasteiger partial charge in [-0.2, -0.15) is 0 Å². The topological polar surface area (TPSA) is 42.3 Å². The highest BCUT2D eigenvalue weighted by atomic mass is 16.5. The third kappa shape index (κ3) is 3.70. The number of ether oxygens (including phenoxy) is 1. The number of rotatable bonds is 8. The summed E-state index contributed by atoms with van der Waals surface area (Å²) in [6.07, 6.45) is 7.55. The molecule has 2 heterocycles. The fraction of sp³-hybridized carbons (Fsp3) is 0.786. The summed E-state index contributed by atoms with van der Waals surface area (Å²) < 4.78 is 7.66. The third-order valence-electron chi connectivity index (χ3n) is 3.66. The van der Waals surface area contributed by atoms with Crippen molar-refractivity contribution in [1.29, 1.82) is 0 Å². The Morgan fingerprint density at radius 3 is 3.21 bits per heavy atom. The van der Waals surface area contributed by atoms with Gasteiger partial charge in [-0.3, -0.25) is 0 Å². The minimum absolute atomic E-state index is 0.582. The van der Waals surface area contributed by atoms with Crippen molar-refractivity contribution in [3.05, 3.63) is 12.4 Å². The van der Waals surface area contributed by atoms with Crippen LogP contribution in [0.15, 0.2) is 12.4 Å². The van der Waals surface area contributed by atoms with Crippen molar-refractivity contribution in [1.82, 2.24) is 14.9 Å². The molecule has 2 rings (SSSR count). The van der Waals surface area contributed by atoms with Crippen LogP contribution in [0.25, 0.3) is 0 Å². The minimum atomic E-state index is 0.582. The van der Waals surface area contributed by atoms with Gasteiger partial charge < -0.3 is 19.5 Å². The SMILES string of the molecule is CCOCCCn1ccnc1N1CCCC1CNC. The Kier molecular flexibility index (Phi) is 5.66. The largest absolute Gasteiger partial charge is 0.382 e. The monoisotopic (exact) mass is 266 g/mol. The molecule has 5 nitrogen and oxygen atoms in total. The van der Waals surface area contributed by atoms with E-state index in [-0.39, 0.29) is 0 Å². The summed E-state index contributed by atoms with van der Waals surface area (Å²) in [5.74, 6) is 1.12. The molecule has 0 radical (unpaired) electrons. The summed E-state index contributed by atoms with van der Waals surface area (Å²) in [5, 5.41) is 3.28. The van der Waals surface area contributed by atoms with Gasteiger partial charge in [0.15, 0.2) is 0 Å². The van der Waals surface area contributed by atoms with Gasteiger partial charge in [0, 0.05) is 51.3 Å². The van der Waals surface area contributed by atoms with E-state index in [4.69, 9.17) is 4.74 Å². The van der Waals surface area contributed by atoms with Gasteiger partial charge >= 0.3 is 0 Å². The summed E-state index contributed by atoms with van der Waals surface area (Å²) in [6, 6.07) is 0.582. The first-order chi connectivity index (χ1) is 9.36. The zero-order chi connectivity index (χ0) is 13.5. The first-order valence-corrected chi connectivity index (χ1v) is 7.37. The Morgan fingerprint density at radius 2 is 2.42 bits per heavy atom. The van der Waals surface area contributed by atoms with Crippen LogP contribution in [0.4, 0.5) is 5.95 Å². The van der Waals surface area contributed by atoms with Crippen LogP contribution in [-0.4, -0.2) is 48.9 Å². The summed E-state index contributed by atoms with van der Waals surface area (Å²) in [6.45, 7) is 6.80. The van der Waals surface area contributed by atoms with Gasteiger partial charge in [0.2, 0.25) is 5.95 Å². The highest BCUT2D eigenvalue weighted by molar-refractivity contribution is 5.35. The summed E-state index contributed by atoms with van der Waals surface area (Å²) in [4.78, 5) is 6.99. The molecule has 1 saturated heterocycles. The number of likely N-dealkylation sites (N-methyl/N-ethyl adjacent to an activating group) is 1. The zero-order valence-electron chi connectivity index (χ0n) is 12.1. The van der Waals surface area contributed by atoms with Crippen molar-refractivity contribution in [3.8, 4) is 0 Å². The molecule has 5 heteroatoms. The molecule has 1 atom stereocenters. The number of nitrogens with zero attached hydrogens (tertiary/aromatic N) is 3. The maximum Gasteiger partial charge on any atom is 0.205 e. The number of aryl methyl sites for hydroxylation is 1. The van der Waals surface area contributed by atoms with Gasteiger partial charge in [0.05, 0.1) is 0 Å². The van der Waals surface area contributed by atoms with Crippen molar-refractivity contribution in [2.75, 3.05) is 38.3 Å². The molecular weight excluding hydrogens is 240 g/mol.